The molecule has 0 amide bonds. The van der Waals surface area contributed by atoms with Gasteiger partial charge in [-0.15, -0.1) is 0 Å². The molecule has 0 aromatic rings. The van der Waals surface area contributed by atoms with Gasteiger partial charge < -0.3 is 39.9 Å². The van der Waals surface area contributed by atoms with Crippen LogP contribution in [0.15, 0.2) is 48.6 Å². The van der Waals surface area contributed by atoms with Crippen LogP contribution in [0.5, 0.6) is 0 Å². The van der Waals surface area contributed by atoms with E-state index in [1.54, 1.807) is 0 Å². The average molecular weight is 845 g/mol. The van der Waals surface area contributed by atoms with E-state index in [2.05, 4.69) is 62.5 Å². The summed E-state index contributed by atoms with van der Waals surface area (Å²) in [6, 6.07) is 0. The molecule has 0 spiro atoms. The normalized spacial score (nSPS) is 23.1. The molecule has 1 aliphatic carbocycles. The summed E-state index contributed by atoms with van der Waals surface area (Å²) in [6.07, 6.45) is 30.4. The number of unbranched alkanes of at least 4 members (excludes halogenated alkanes) is 17. The zero-order chi connectivity index (χ0) is 42.7. The minimum absolute atomic E-state index is 0.0888. The van der Waals surface area contributed by atoms with Crippen LogP contribution in [-0.2, 0) is 27.9 Å². The Morgan fingerprint density at radius 3 is 1.55 bits per heavy atom. The summed E-state index contributed by atoms with van der Waals surface area (Å²) in [5, 5.41) is 50.1. The first-order valence-corrected chi connectivity index (χ1v) is 24.0. The van der Waals surface area contributed by atoms with Crippen molar-refractivity contribution in [2.75, 3.05) is 19.8 Å². The van der Waals surface area contributed by atoms with E-state index in [9.17, 15) is 39.8 Å². The van der Waals surface area contributed by atoms with Crippen molar-refractivity contribution >= 4 is 13.8 Å². The van der Waals surface area contributed by atoms with Crippen LogP contribution in [0.3, 0.4) is 0 Å². The number of phosphoric ester groups is 1. The molecule has 1 rings (SSSR count). The fraction of sp³-hybridized carbons (Fsp3) is 0.800. The van der Waals surface area contributed by atoms with E-state index in [1.807, 2.05) is 0 Å². The Balaban J connectivity index is 2.42. The summed E-state index contributed by atoms with van der Waals surface area (Å²) in [7, 11) is -5.02. The van der Waals surface area contributed by atoms with Gasteiger partial charge in [-0.3, -0.25) is 13.8 Å². The Kier molecular flexibility index (Phi) is 33.7. The second kappa shape index (κ2) is 36.0. The fourth-order valence-electron chi connectivity index (χ4n) is 6.64. The summed E-state index contributed by atoms with van der Waals surface area (Å²) in [5.74, 6) is -0.486. The first-order chi connectivity index (χ1) is 28.0. The molecule has 1 fully saturated rings. The zero-order valence-electron chi connectivity index (χ0n) is 35.8. The largest absolute Gasteiger partial charge is 0.472 e. The molecule has 338 valence electrons. The van der Waals surface area contributed by atoms with E-state index >= 15 is 0 Å². The molecule has 6 unspecified atom stereocenters. The van der Waals surface area contributed by atoms with Crippen LogP contribution in [0, 0.1) is 0 Å². The third-order valence-corrected chi connectivity index (χ3v) is 11.2. The predicted octanol–water partition coefficient (Wildman–Crippen LogP) is 8.86. The van der Waals surface area contributed by atoms with E-state index in [1.165, 1.54) is 57.8 Å². The Bertz CT molecular complexity index is 1140. The number of esters is 1. The average Bonchev–Trinajstić information content (AvgIpc) is 3.21. The van der Waals surface area contributed by atoms with E-state index in [0.29, 0.717) is 13.0 Å². The highest BCUT2D eigenvalue weighted by Crippen LogP contribution is 2.47. The minimum atomic E-state index is -5.02. The second-order valence-corrected chi connectivity index (χ2v) is 16.9. The number of aliphatic hydroxyl groups is 5. The highest BCUT2D eigenvalue weighted by atomic mass is 31.2. The van der Waals surface area contributed by atoms with Crippen LogP contribution in [0.1, 0.15) is 168 Å². The SMILES string of the molecule is CC/C=C\C/C=C\C/C=C\C/C=C\CCCCCCCOCC(COP(=O)(O)OC1C(O)C(O)C(O)C(O)C1O)OC(=O)CCCCCCCCCCCCCCC. The lowest BCUT2D eigenvalue weighted by Gasteiger charge is -2.41. The number of hydrogen-bond donors (Lipinski definition) is 6. The number of aliphatic hydroxyl groups excluding tert-OH is 5. The molecule has 6 N–H and O–H groups in total. The van der Waals surface area contributed by atoms with Crippen molar-refractivity contribution in [3.05, 3.63) is 48.6 Å². The highest BCUT2D eigenvalue weighted by Gasteiger charge is 2.51. The van der Waals surface area contributed by atoms with E-state index in [-0.39, 0.29) is 13.0 Å². The van der Waals surface area contributed by atoms with Crippen LogP contribution in [-0.4, -0.2) is 98.9 Å². The summed E-state index contributed by atoms with van der Waals surface area (Å²) < 4.78 is 34.1. The number of rotatable bonds is 37. The van der Waals surface area contributed by atoms with Gasteiger partial charge in [0.1, 0.15) is 42.7 Å². The van der Waals surface area contributed by atoms with Crippen LogP contribution in [0.25, 0.3) is 0 Å². The number of ether oxygens (including phenoxy) is 2. The molecule has 0 aromatic heterocycles. The molecule has 1 aliphatic rings. The standard InChI is InChI=1S/C45H81O12P/c1-3-5-7-9-11-13-15-17-18-19-20-21-23-25-27-29-31-33-35-54-36-38(37-55-58(52,53)57-45-43(50)41(48)40(47)42(49)44(45)51)56-39(46)34-32-30-28-26-24-22-16-14-12-10-8-6-4-2/h5,7,11,13,17-18,20-21,38,40-45,47-51H,3-4,6,8-10,12,14-16,19,22-37H2,1-2H3,(H,52,53)/b7-5-,13-11-,18-17-,21-20-. The van der Waals surface area contributed by atoms with Gasteiger partial charge in [0.15, 0.2) is 0 Å². The van der Waals surface area contributed by atoms with Crippen molar-refractivity contribution in [1.29, 1.82) is 0 Å². The Hall–Kier alpha value is -1.70. The number of carbonyl (C=O) groups is 1. The summed E-state index contributed by atoms with van der Waals surface area (Å²) >= 11 is 0. The zero-order valence-corrected chi connectivity index (χ0v) is 36.7. The van der Waals surface area contributed by atoms with E-state index < -0.39 is 63.1 Å². The Labute approximate surface area is 350 Å². The van der Waals surface area contributed by atoms with Crippen LogP contribution in [0.2, 0.25) is 0 Å². The summed E-state index contributed by atoms with van der Waals surface area (Å²) in [4.78, 5) is 23.1. The van der Waals surface area contributed by atoms with Gasteiger partial charge in [0.2, 0.25) is 0 Å². The van der Waals surface area contributed by atoms with E-state index in [4.69, 9.17) is 18.5 Å². The fourth-order valence-corrected chi connectivity index (χ4v) is 7.61. The number of hydrogen-bond acceptors (Lipinski definition) is 11. The number of carbonyl (C=O) groups excluding carboxylic acids is 1. The van der Waals surface area contributed by atoms with Crippen molar-refractivity contribution < 1.29 is 58.3 Å². The van der Waals surface area contributed by atoms with Gasteiger partial charge in [-0.25, -0.2) is 4.57 Å². The highest BCUT2D eigenvalue weighted by molar-refractivity contribution is 7.47. The van der Waals surface area contributed by atoms with Gasteiger partial charge in [0, 0.05) is 13.0 Å². The maximum Gasteiger partial charge on any atom is 0.472 e. The molecule has 0 radical (unpaired) electrons. The monoisotopic (exact) mass is 845 g/mol. The summed E-state index contributed by atoms with van der Waals surface area (Å²) in [6.45, 7) is 4.10. The molecule has 0 bridgehead atoms. The molecule has 1 saturated carbocycles. The van der Waals surface area contributed by atoms with Crippen LogP contribution >= 0.6 is 7.82 Å². The molecule has 0 aromatic carbocycles. The van der Waals surface area contributed by atoms with Crippen molar-refractivity contribution in [1.82, 2.24) is 0 Å². The van der Waals surface area contributed by atoms with Crippen molar-refractivity contribution in [2.45, 2.75) is 211 Å². The van der Waals surface area contributed by atoms with Gasteiger partial charge in [-0.05, 0) is 51.4 Å². The molecular weight excluding hydrogens is 763 g/mol. The third kappa shape index (κ3) is 27.9. The van der Waals surface area contributed by atoms with Gasteiger partial charge in [-0.1, -0.05) is 159 Å². The molecule has 58 heavy (non-hydrogen) atoms. The van der Waals surface area contributed by atoms with Gasteiger partial charge in [0.25, 0.3) is 0 Å². The lowest BCUT2D eigenvalue weighted by Crippen LogP contribution is -2.64. The predicted molar refractivity (Wildman–Crippen MR) is 230 cm³/mol. The van der Waals surface area contributed by atoms with Crippen LogP contribution in [0.4, 0.5) is 0 Å². The Morgan fingerprint density at radius 2 is 1.02 bits per heavy atom. The minimum Gasteiger partial charge on any atom is -0.457 e. The van der Waals surface area contributed by atoms with E-state index in [0.717, 1.165) is 83.5 Å². The van der Waals surface area contributed by atoms with Crippen molar-refractivity contribution in [3.8, 4) is 0 Å². The maximum absolute atomic E-state index is 12.8. The lowest BCUT2D eigenvalue weighted by molar-refractivity contribution is -0.220. The topological polar surface area (TPSA) is 192 Å². The second-order valence-electron chi connectivity index (χ2n) is 15.5. The summed E-state index contributed by atoms with van der Waals surface area (Å²) in [5.41, 5.74) is 0. The van der Waals surface area contributed by atoms with Crippen LogP contribution < -0.4 is 0 Å². The first kappa shape index (κ1) is 54.3. The third-order valence-electron chi connectivity index (χ3n) is 10.2. The number of phosphoric acid groups is 1. The van der Waals surface area contributed by atoms with Gasteiger partial charge in [0.05, 0.1) is 13.2 Å². The quantitative estimate of drug-likeness (QED) is 0.0151. The Morgan fingerprint density at radius 1 is 0.569 bits per heavy atom. The first-order valence-electron chi connectivity index (χ1n) is 22.5. The molecule has 6 atom stereocenters. The maximum atomic E-state index is 12.8. The smallest absolute Gasteiger partial charge is 0.457 e. The van der Waals surface area contributed by atoms with Gasteiger partial charge >= 0.3 is 13.8 Å². The van der Waals surface area contributed by atoms with Crippen molar-refractivity contribution in [3.63, 3.8) is 0 Å². The molecular formula is C45H81O12P. The number of allylic oxidation sites excluding steroid dienone is 8. The molecule has 0 saturated heterocycles. The molecule has 12 nitrogen and oxygen atoms in total. The lowest BCUT2D eigenvalue weighted by atomic mass is 9.85. The van der Waals surface area contributed by atoms with Gasteiger partial charge in [-0.2, -0.15) is 0 Å². The van der Waals surface area contributed by atoms with Crippen molar-refractivity contribution in [2.24, 2.45) is 0 Å². The molecule has 0 aliphatic heterocycles. The molecule has 0 heterocycles. The molecule has 13 heteroatoms.